The minimum Gasteiger partial charge on any atom is -0.395 e. The van der Waals surface area contributed by atoms with Crippen LogP contribution in [0.25, 0.3) is 0 Å². The Morgan fingerprint density at radius 3 is 3.00 bits per heavy atom. The second kappa shape index (κ2) is 7.86. The normalized spacial score (nSPS) is 9.76. The zero-order chi connectivity index (χ0) is 12.5. The van der Waals surface area contributed by atoms with Crippen LogP contribution in [0, 0.1) is 23.2 Å². The zero-order valence-electron chi connectivity index (χ0n) is 9.94. The fraction of sp³-hybridized carbons (Fsp3) is 0.462. The summed E-state index contributed by atoms with van der Waals surface area (Å²) in [5.74, 6) is 5.91. The first-order chi connectivity index (χ1) is 8.26. The molecule has 90 valence electrons. The van der Waals surface area contributed by atoms with E-state index in [0.29, 0.717) is 12.8 Å². The largest absolute Gasteiger partial charge is 0.395 e. The number of hydrogen-bond acceptors (Lipinski definition) is 4. The van der Waals surface area contributed by atoms with E-state index in [0.717, 1.165) is 18.7 Å². The highest BCUT2D eigenvalue weighted by Crippen LogP contribution is 2.15. The molecule has 1 aromatic rings. The summed E-state index contributed by atoms with van der Waals surface area (Å²) in [4.78, 5) is 3.37. The highest BCUT2D eigenvalue weighted by Gasteiger charge is 2.02. The first-order valence-corrected chi connectivity index (χ1v) is 6.37. The van der Waals surface area contributed by atoms with Gasteiger partial charge >= 0.3 is 0 Å². The molecule has 0 bridgehead atoms. The molecule has 1 heterocycles. The third kappa shape index (κ3) is 5.51. The molecular weight excluding hydrogens is 232 g/mol. The second-order valence-electron chi connectivity index (χ2n) is 3.72. The molecule has 17 heavy (non-hydrogen) atoms. The average molecular weight is 248 g/mol. The van der Waals surface area contributed by atoms with Gasteiger partial charge in [-0.2, -0.15) is 5.26 Å². The van der Waals surface area contributed by atoms with Gasteiger partial charge in [-0.3, -0.25) is 0 Å². The molecule has 0 saturated carbocycles. The predicted octanol–water partition coefficient (Wildman–Crippen LogP) is 1.83. The van der Waals surface area contributed by atoms with Gasteiger partial charge in [-0.15, -0.1) is 11.3 Å². The van der Waals surface area contributed by atoms with Crippen molar-refractivity contribution in [2.75, 3.05) is 20.2 Å². The van der Waals surface area contributed by atoms with Crippen LogP contribution in [0.15, 0.2) is 11.4 Å². The van der Waals surface area contributed by atoms with Crippen LogP contribution in [0.1, 0.15) is 23.3 Å². The van der Waals surface area contributed by atoms with Gasteiger partial charge in [0, 0.05) is 41.8 Å². The third-order valence-corrected chi connectivity index (χ3v) is 3.08. The smallest absolute Gasteiger partial charge is 0.0635 e. The molecule has 0 saturated heterocycles. The highest BCUT2D eigenvalue weighted by molar-refractivity contribution is 7.10. The molecular formula is C13H16N2OS. The van der Waals surface area contributed by atoms with Crippen LogP contribution in [0.2, 0.25) is 0 Å². The topological polar surface area (TPSA) is 47.3 Å². The summed E-state index contributed by atoms with van der Waals surface area (Å²) >= 11 is 1.68. The van der Waals surface area contributed by atoms with Gasteiger partial charge in [0.2, 0.25) is 0 Å². The first kappa shape index (κ1) is 13.7. The van der Waals surface area contributed by atoms with E-state index in [-0.39, 0.29) is 6.61 Å². The van der Waals surface area contributed by atoms with E-state index in [2.05, 4.69) is 28.9 Å². The van der Waals surface area contributed by atoms with E-state index in [1.54, 1.807) is 11.3 Å². The Balaban J connectivity index is 2.46. The van der Waals surface area contributed by atoms with E-state index in [1.807, 2.05) is 12.4 Å². The van der Waals surface area contributed by atoms with Crippen LogP contribution in [-0.2, 0) is 6.54 Å². The maximum atomic E-state index is 8.62. The average Bonchev–Trinajstić information content (AvgIpc) is 2.74. The van der Waals surface area contributed by atoms with Gasteiger partial charge in [-0.05, 0) is 13.1 Å². The Labute approximate surface area is 106 Å². The van der Waals surface area contributed by atoms with Crippen LogP contribution in [0.3, 0.4) is 0 Å². The molecule has 0 aliphatic carbocycles. The summed E-state index contributed by atoms with van der Waals surface area (Å²) < 4.78 is 0. The number of nitrogens with zero attached hydrogens (tertiary/aromatic N) is 2. The number of thiophene rings is 1. The molecule has 3 nitrogen and oxygen atoms in total. The van der Waals surface area contributed by atoms with Crippen molar-refractivity contribution in [3.63, 3.8) is 0 Å². The fourth-order valence-electron chi connectivity index (χ4n) is 1.34. The van der Waals surface area contributed by atoms with E-state index in [4.69, 9.17) is 10.4 Å². The van der Waals surface area contributed by atoms with Crippen LogP contribution < -0.4 is 0 Å². The lowest BCUT2D eigenvalue weighted by Crippen LogP contribution is -2.17. The van der Waals surface area contributed by atoms with Crippen molar-refractivity contribution in [1.29, 1.82) is 5.26 Å². The Morgan fingerprint density at radius 1 is 1.47 bits per heavy atom. The van der Waals surface area contributed by atoms with E-state index in [9.17, 15) is 0 Å². The van der Waals surface area contributed by atoms with Gasteiger partial charge < -0.3 is 10.0 Å². The van der Waals surface area contributed by atoms with Crippen molar-refractivity contribution < 1.29 is 5.11 Å². The summed E-state index contributed by atoms with van der Waals surface area (Å²) in [6.07, 6.45) is 1.08. The third-order valence-electron chi connectivity index (χ3n) is 2.15. The monoisotopic (exact) mass is 248 g/mol. The lowest BCUT2D eigenvalue weighted by Gasteiger charge is -2.12. The van der Waals surface area contributed by atoms with Crippen LogP contribution in [-0.4, -0.2) is 30.2 Å². The van der Waals surface area contributed by atoms with E-state index in [1.165, 1.54) is 4.88 Å². The van der Waals surface area contributed by atoms with Crippen molar-refractivity contribution >= 4 is 11.3 Å². The molecule has 1 rings (SSSR count). The van der Waals surface area contributed by atoms with Gasteiger partial charge in [0.05, 0.1) is 12.7 Å². The number of hydrogen-bond donors (Lipinski definition) is 1. The Bertz CT molecular complexity index is 436. The minimum absolute atomic E-state index is 0.112. The lowest BCUT2D eigenvalue weighted by molar-refractivity contribution is 0.305. The maximum absolute atomic E-state index is 8.62. The number of aliphatic hydroxyl groups excluding tert-OH is 1. The SMILES string of the molecule is CN(CCC#N)Cc1cc(C#CCCO)cs1. The molecule has 0 aromatic carbocycles. The van der Waals surface area contributed by atoms with Crippen molar-refractivity contribution in [2.24, 2.45) is 0 Å². The molecule has 4 heteroatoms. The first-order valence-electron chi connectivity index (χ1n) is 5.49. The molecule has 0 unspecified atom stereocenters. The van der Waals surface area contributed by atoms with Crippen molar-refractivity contribution in [1.82, 2.24) is 4.90 Å². The quantitative estimate of drug-likeness (QED) is 0.809. The molecule has 0 amide bonds. The fourth-order valence-corrected chi connectivity index (χ4v) is 2.23. The number of aliphatic hydroxyl groups is 1. The van der Waals surface area contributed by atoms with Gasteiger partial charge in [0.25, 0.3) is 0 Å². The number of rotatable bonds is 5. The molecule has 0 fully saturated rings. The molecule has 0 radical (unpaired) electrons. The van der Waals surface area contributed by atoms with Crippen LogP contribution in [0.5, 0.6) is 0 Å². The van der Waals surface area contributed by atoms with Gasteiger partial charge in [-0.1, -0.05) is 11.8 Å². The van der Waals surface area contributed by atoms with E-state index < -0.39 is 0 Å². The predicted molar refractivity (Wildman–Crippen MR) is 69.5 cm³/mol. The van der Waals surface area contributed by atoms with Crippen molar-refractivity contribution in [3.05, 3.63) is 21.9 Å². The van der Waals surface area contributed by atoms with E-state index >= 15 is 0 Å². The van der Waals surface area contributed by atoms with Crippen molar-refractivity contribution in [3.8, 4) is 17.9 Å². The molecule has 0 spiro atoms. The van der Waals surface area contributed by atoms with Gasteiger partial charge in [-0.25, -0.2) is 0 Å². The molecule has 0 aliphatic rings. The summed E-state index contributed by atoms with van der Waals surface area (Å²) in [7, 11) is 2.01. The molecule has 1 N–H and O–H groups in total. The maximum Gasteiger partial charge on any atom is 0.0635 e. The second-order valence-corrected chi connectivity index (χ2v) is 4.72. The van der Waals surface area contributed by atoms with Crippen LogP contribution in [0.4, 0.5) is 0 Å². The molecule has 1 aromatic heterocycles. The van der Waals surface area contributed by atoms with Crippen molar-refractivity contribution in [2.45, 2.75) is 19.4 Å². The van der Waals surface area contributed by atoms with Crippen LogP contribution >= 0.6 is 11.3 Å². The summed E-state index contributed by atoms with van der Waals surface area (Å²) in [6.45, 7) is 1.76. The number of nitriles is 1. The molecule has 0 aliphatic heterocycles. The summed E-state index contributed by atoms with van der Waals surface area (Å²) in [5, 5.41) is 19.1. The van der Waals surface area contributed by atoms with Gasteiger partial charge in [0.1, 0.15) is 0 Å². The molecule has 0 atom stereocenters. The Hall–Kier alpha value is -1.33. The lowest BCUT2D eigenvalue weighted by atomic mass is 10.3. The summed E-state index contributed by atoms with van der Waals surface area (Å²) in [6, 6.07) is 4.21. The minimum atomic E-state index is 0.112. The highest BCUT2D eigenvalue weighted by atomic mass is 32.1. The standard InChI is InChI=1S/C13H16N2OS/c1-15(7-4-6-14)10-13-9-12(11-17-13)5-2-3-8-16/h9,11,16H,3-4,7-8,10H2,1H3. The zero-order valence-corrected chi connectivity index (χ0v) is 10.8. The van der Waals surface area contributed by atoms with Gasteiger partial charge in [0.15, 0.2) is 0 Å². The Kier molecular flexibility index (Phi) is 6.35. The summed E-state index contributed by atoms with van der Waals surface area (Å²) in [5.41, 5.74) is 1.01. The Morgan fingerprint density at radius 2 is 2.29 bits per heavy atom.